The van der Waals surface area contributed by atoms with Gasteiger partial charge in [0.1, 0.15) is 101 Å². The molecule has 44 nitrogen and oxygen atoms in total. The first-order valence-corrected chi connectivity index (χ1v) is 44.3. The summed E-state index contributed by atoms with van der Waals surface area (Å²) in [5.74, 6) is -16.4. The zero-order valence-electron chi connectivity index (χ0n) is 78.4. The lowest BCUT2D eigenvalue weighted by Crippen LogP contribution is -2.61. The second-order valence-corrected chi connectivity index (χ2v) is 36.7. The van der Waals surface area contributed by atoms with E-state index in [0.717, 1.165) is 34.1 Å². The third kappa shape index (κ3) is 18.7. The summed E-state index contributed by atoms with van der Waals surface area (Å²) in [6.45, 7) is 20.3. The minimum atomic E-state index is -1.88. The smallest absolute Gasteiger partial charge is 0.404 e. The van der Waals surface area contributed by atoms with Crippen molar-refractivity contribution in [3.8, 4) is 51.5 Å². The number of piperazine rings is 1. The van der Waals surface area contributed by atoms with Gasteiger partial charge in [-0.05, 0) is 114 Å². The maximum Gasteiger partial charge on any atom is 0.404 e. The lowest BCUT2D eigenvalue weighted by atomic mass is 9.82. The number of cyclic esters (lactones) is 2. The molecule has 6 saturated heterocycles. The molecule has 0 radical (unpaired) electrons. The van der Waals surface area contributed by atoms with E-state index in [1.165, 1.54) is 101 Å². The number of ether oxygens (including phenoxy) is 4. The topological polar surface area (TPSA) is 638 Å². The molecule has 0 spiro atoms. The molecule has 2 aliphatic carbocycles. The number of carbonyl (C=O) groups is 15. The zero-order chi connectivity index (χ0) is 100. The molecule has 11 amide bonds. The number of amides is 11. The first-order valence-electron chi connectivity index (χ1n) is 44.3. The summed E-state index contributed by atoms with van der Waals surface area (Å²) < 4.78 is 34.4. The average Bonchev–Trinajstić information content (AvgIpc) is 1.50. The van der Waals surface area contributed by atoms with Crippen LogP contribution in [-0.2, 0) is 76.5 Å². The highest BCUT2D eigenvalue weighted by atomic mass is 16.6. The van der Waals surface area contributed by atoms with E-state index in [1.54, 1.807) is 62.3 Å². The van der Waals surface area contributed by atoms with Crippen molar-refractivity contribution in [1.82, 2.24) is 65.9 Å². The minimum absolute atomic E-state index is 0.0586. The van der Waals surface area contributed by atoms with E-state index in [-0.39, 0.29) is 129 Å². The molecule has 6 fully saturated rings. The molecular weight excluding hydrogens is 1780 g/mol. The van der Waals surface area contributed by atoms with E-state index in [0.29, 0.717) is 30.6 Å². The minimum Gasteiger partial charge on any atom is -0.508 e. The first kappa shape index (κ1) is 101. The Morgan fingerprint density at radius 2 is 1.15 bits per heavy atom. The summed E-state index contributed by atoms with van der Waals surface area (Å²) in [7, 11) is 7.10. The van der Waals surface area contributed by atoms with Gasteiger partial charge in [-0.1, -0.05) is 61.5 Å². The number of hydrogen-bond acceptors (Lipinski definition) is 33. The van der Waals surface area contributed by atoms with Gasteiger partial charge in [-0.2, -0.15) is 0 Å². The number of aryl methyl sites for hydroxylation is 1. The predicted octanol–water partition coefficient (Wildman–Crippen LogP) is 1.06. The number of phenolic OH excluding ortho intramolecular Hbond substituents is 4. The van der Waals surface area contributed by atoms with Gasteiger partial charge in [-0.15, -0.1) is 0 Å². The van der Waals surface area contributed by atoms with Crippen molar-refractivity contribution in [1.29, 1.82) is 0 Å². The fourth-order valence-corrected chi connectivity index (χ4v) is 18.7. The summed E-state index contributed by atoms with van der Waals surface area (Å²) in [5.41, 5.74) is 13.3. The number of phenols is 4. The molecule has 1 aromatic heterocycles. The molecule has 44 heteroatoms. The molecule has 10 aliphatic rings. The fraction of sp³-hybridized carbons (Fsp3) is 0.500. The number of hydrogen-bond donors (Lipinski definition) is 13. The van der Waals surface area contributed by atoms with Crippen LogP contribution < -0.4 is 54.6 Å². The number of esters is 2. The standard InChI is InChI=1S/C62H86N12O16.C15H18N4O5.C15H10O7/c1-27(2)42-59(84)73-23-17-19-36(73)57(82)69(13)25-38(75)71(15)48(29(5)6)61(86)88-33(11)44(55(80)65-42)67-53(78)35-22-21-31(9)51-46(35)64-47-40(41(63)50(77)32(10)52(47)90-51)54(79)68-45-34(12)89-62(87)49(30(7)8)72(16)39(76)26-70(14)58(83)37-20-18-24-74(37)60(85)43(28(3)4)66-56(45)81;1-5-9(16)12(21)8-6(4-24-14(17)22)15(23-2)13-7(18-13)3-19(15)10(8)11(5)20;16-7-4-10(19)12-11(5-7)22-15(14(21)13(12)20)6-1-2-8(17)9(18)3-6/h21-22,27-30,33-34,36-37,42-45,48-49H,17-20,23-26,63H2,1-16H3,(H,65,80)(H,66,81)(H,67,78)(H,68,79);6-7,13,18H,3-4,16H2,1-2H3,(H2,17,22);1-5,16-19,21H/t33-,34-,36+,37+,42-,43-,44+,45+,48+,49+;6-,7+,13+,15-;/m11./s1. The third-order valence-corrected chi connectivity index (χ3v) is 26.2. The Bertz CT molecular complexity index is 6120. The quantitative estimate of drug-likeness (QED) is 0.0155. The second kappa shape index (κ2) is 39.2. The third-order valence-electron chi connectivity index (χ3n) is 26.2. The van der Waals surface area contributed by atoms with Crippen LogP contribution in [0.1, 0.15) is 134 Å². The van der Waals surface area contributed by atoms with Crippen LogP contribution in [0.3, 0.4) is 0 Å². The van der Waals surface area contributed by atoms with Gasteiger partial charge in [0.15, 0.2) is 34.3 Å². The molecule has 8 aliphatic heterocycles. The van der Waals surface area contributed by atoms with Crippen LogP contribution in [0, 0.1) is 43.4 Å². The number of benzene rings is 4. The van der Waals surface area contributed by atoms with Crippen molar-refractivity contribution in [2.75, 3.05) is 80.4 Å². The van der Waals surface area contributed by atoms with Crippen molar-refractivity contribution < 1.29 is 125 Å². The molecular formula is C92H114N16O28. The molecule has 730 valence electrons. The normalized spacial score (nSPS) is 25.6. The van der Waals surface area contributed by atoms with Gasteiger partial charge in [-0.3, -0.25) is 67.1 Å². The van der Waals surface area contributed by atoms with Gasteiger partial charge in [0.2, 0.25) is 75.4 Å². The maximum absolute atomic E-state index is 15.2. The highest BCUT2D eigenvalue weighted by Gasteiger charge is 2.73. The second-order valence-electron chi connectivity index (χ2n) is 36.7. The van der Waals surface area contributed by atoms with Crippen molar-refractivity contribution >= 4 is 116 Å². The monoisotopic (exact) mass is 1890 g/mol. The zero-order valence-corrected chi connectivity index (χ0v) is 78.4. The molecule has 16 N–H and O–H groups in total. The van der Waals surface area contributed by atoms with Gasteiger partial charge in [0.05, 0.1) is 53.3 Å². The number of fused-ring (bicyclic) bond motifs is 9. The van der Waals surface area contributed by atoms with Crippen LogP contribution in [0.25, 0.3) is 44.8 Å². The van der Waals surface area contributed by atoms with E-state index in [2.05, 4.69) is 26.6 Å². The Hall–Kier alpha value is -14.5. The molecule has 0 bridgehead atoms. The maximum atomic E-state index is 15.2. The van der Waals surface area contributed by atoms with Crippen molar-refractivity contribution in [3.63, 3.8) is 0 Å². The average molecular weight is 1890 g/mol. The number of aromatic hydroxyl groups is 5. The van der Waals surface area contributed by atoms with Crippen LogP contribution in [0.5, 0.6) is 28.7 Å². The fourth-order valence-electron chi connectivity index (χ4n) is 18.7. The molecule has 0 unspecified atom stereocenters. The summed E-state index contributed by atoms with van der Waals surface area (Å²) in [6, 6.07) is -2.15. The molecule has 14 atom stereocenters. The number of Topliss-reactive ketones (excluding diaryl/α,β-unsaturated/α-hetero) is 2. The first-order chi connectivity index (χ1) is 63.8. The van der Waals surface area contributed by atoms with E-state index in [4.69, 9.17) is 50.0 Å². The van der Waals surface area contributed by atoms with Gasteiger partial charge in [0.25, 0.3) is 11.8 Å². The van der Waals surface area contributed by atoms with Gasteiger partial charge >= 0.3 is 18.0 Å². The number of nitrogen functional groups attached to an aromatic ring is 1. The van der Waals surface area contributed by atoms with E-state index >= 15 is 9.59 Å². The number of ketones is 2. The predicted molar refractivity (Wildman–Crippen MR) is 482 cm³/mol. The van der Waals surface area contributed by atoms with Crippen LogP contribution in [-0.4, -0.2) is 306 Å². The van der Waals surface area contributed by atoms with Crippen molar-refractivity contribution in [2.24, 2.45) is 41.1 Å². The lowest BCUT2D eigenvalue weighted by molar-refractivity contribution is -0.163. The Kier molecular flexibility index (Phi) is 29.0. The Labute approximate surface area is 778 Å². The van der Waals surface area contributed by atoms with E-state index in [1.807, 2.05) is 4.90 Å². The SMILES string of the molecule is CO[C@@]12[C@H](COC(N)=O)C3=C(C(=O)C(C)=C(N)C3=O)N1C[C@@H]1N[C@@H]12.Cc1c2oc3c(C)ccc(C(=O)N[C@@H]4C(=O)N[C@H](C(C)C)C(=O)N5CCC[C@H]5C(=O)N(C)CC(=O)N(C)[C@@H](C(C)C)C(=O)O[C@@H]4C)c3nc-2c(C(=O)N[C@@H]2C(=O)N[C@H](C(C)C)C(=O)N3CCC[C@H]3C(=O)N(C)CC(=O)N(C)[C@@H](C(C)C)C(=O)O[C@@H]2C)c(N)c1=O.O=c1c(O)c(-c2ccc(O)c(O)c2)oc2cc(O)cc(O)c12. The molecule has 9 heterocycles. The lowest BCUT2D eigenvalue weighted by Gasteiger charge is -2.39. The number of nitrogens with one attached hydrogen (secondary N) is 5. The number of allylic oxidation sites excluding steroid dienone is 2. The number of rotatable bonds is 12. The highest BCUT2D eigenvalue weighted by molar-refractivity contribution is 6.25. The molecule has 4 aromatic rings. The van der Waals surface area contributed by atoms with Crippen LogP contribution >= 0.6 is 0 Å². The molecule has 14 rings (SSSR count). The van der Waals surface area contributed by atoms with Gasteiger partial charge < -0.3 is 131 Å². The highest BCUT2D eigenvalue weighted by Crippen LogP contribution is 2.56. The number of methoxy groups -OCH3 is 1. The van der Waals surface area contributed by atoms with Crippen LogP contribution in [0.4, 0.5) is 10.5 Å². The van der Waals surface area contributed by atoms with E-state index < -0.39 is 237 Å². The van der Waals surface area contributed by atoms with Crippen LogP contribution in [0.15, 0.2) is 83.4 Å². The number of anilines is 1. The van der Waals surface area contributed by atoms with Crippen molar-refractivity contribution in [2.45, 2.75) is 194 Å². The van der Waals surface area contributed by atoms with Gasteiger partial charge in [0, 0.05) is 95.4 Å². The summed E-state index contributed by atoms with van der Waals surface area (Å²) in [4.78, 5) is 250. The Morgan fingerprint density at radius 1 is 0.625 bits per heavy atom. The molecule has 136 heavy (non-hydrogen) atoms. The van der Waals surface area contributed by atoms with Crippen LogP contribution in [0.2, 0.25) is 0 Å². The number of aromatic nitrogens is 1. The van der Waals surface area contributed by atoms with E-state index in [9.17, 15) is 97.5 Å². The number of primary amides is 1. The number of carbonyl (C=O) groups excluding carboxylic acids is 15. The Balaban J connectivity index is 0.000000287. The summed E-state index contributed by atoms with van der Waals surface area (Å²) in [6.07, 6.45) is -2.60. The number of nitrogens with two attached hydrogens (primary N) is 3. The Morgan fingerprint density at radius 3 is 1.64 bits per heavy atom. The molecule has 3 aromatic carbocycles. The number of nitrogens with zero attached hydrogens (tertiary/aromatic N) is 8. The van der Waals surface area contributed by atoms with Crippen molar-refractivity contribution in [3.05, 3.63) is 108 Å². The van der Waals surface area contributed by atoms with Gasteiger partial charge in [-0.25, -0.2) is 19.4 Å². The number of likely N-dealkylation sites (N-methyl/N-ethyl adjacent to an activating group) is 4. The summed E-state index contributed by atoms with van der Waals surface area (Å²) in [5, 5.41) is 61.6. The largest absolute Gasteiger partial charge is 0.508 e. The summed E-state index contributed by atoms with van der Waals surface area (Å²) >= 11 is 0. The molecule has 0 saturated carbocycles.